The molecule has 5 heteroatoms. The van der Waals surface area contributed by atoms with Crippen LogP contribution in [0.15, 0.2) is 12.1 Å². The SMILES string of the molecule is Cc1cc(F)c(C(C)NC2CCS(=O)CC2)cc1F. The van der Waals surface area contributed by atoms with Crippen molar-refractivity contribution < 1.29 is 13.0 Å². The molecule has 1 heterocycles. The molecule has 19 heavy (non-hydrogen) atoms. The average molecular weight is 287 g/mol. The summed E-state index contributed by atoms with van der Waals surface area (Å²) in [5, 5.41) is 3.30. The Morgan fingerprint density at radius 1 is 1.26 bits per heavy atom. The van der Waals surface area contributed by atoms with E-state index in [1.54, 1.807) is 6.92 Å². The second-order valence-corrected chi connectivity index (χ2v) is 6.83. The van der Waals surface area contributed by atoms with Gasteiger partial charge in [-0.1, -0.05) is 0 Å². The third-order valence-electron chi connectivity index (χ3n) is 3.62. The van der Waals surface area contributed by atoms with Gasteiger partial charge in [-0.15, -0.1) is 0 Å². The highest BCUT2D eigenvalue weighted by molar-refractivity contribution is 7.85. The molecule has 1 N–H and O–H groups in total. The first-order chi connectivity index (χ1) is 8.97. The Morgan fingerprint density at radius 3 is 2.53 bits per heavy atom. The van der Waals surface area contributed by atoms with Gasteiger partial charge in [-0.2, -0.15) is 0 Å². The highest BCUT2D eigenvalue weighted by Gasteiger charge is 2.21. The zero-order chi connectivity index (χ0) is 14.0. The molecule has 0 radical (unpaired) electrons. The number of benzene rings is 1. The first-order valence-electron chi connectivity index (χ1n) is 6.54. The van der Waals surface area contributed by atoms with Crippen LogP contribution >= 0.6 is 0 Å². The Morgan fingerprint density at radius 2 is 1.89 bits per heavy atom. The molecule has 0 aromatic heterocycles. The van der Waals surface area contributed by atoms with E-state index in [4.69, 9.17) is 0 Å². The Hall–Kier alpha value is -0.810. The van der Waals surface area contributed by atoms with Crippen LogP contribution in [0.1, 0.15) is 36.9 Å². The predicted molar refractivity (Wildman–Crippen MR) is 73.5 cm³/mol. The summed E-state index contributed by atoms with van der Waals surface area (Å²) in [6.07, 6.45) is 1.65. The summed E-state index contributed by atoms with van der Waals surface area (Å²) >= 11 is 0. The van der Waals surface area contributed by atoms with Gasteiger partial charge in [-0.25, -0.2) is 8.78 Å². The van der Waals surface area contributed by atoms with Gasteiger partial charge in [0.05, 0.1) is 0 Å². The lowest BCUT2D eigenvalue weighted by atomic mass is 10.0. The van der Waals surface area contributed by atoms with Crippen molar-refractivity contribution in [3.63, 3.8) is 0 Å². The number of nitrogens with one attached hydrogen (secondary N) is 1. The number of hydrogen-bond donors (Lipinski definition) is 1. The first kappa shape index (κ1) is 14.6. The standard InChI is InChI=1S/C14H19F2NOS/c1-9-7-14(16)12(8-13(9)15)10(2)17-11-3-5-19(18)6-4-11/h7-8,10-11,17H,3-6H2,1-2H3. The molecule has 0 spiro atoms. The number of aryl methyl sites for hydroxylation is 1. The monoisotopic (exact) mass is 287 g/mol. The molecule has 1 saturated heterocycles. The van der Waals surface area contributed by atoms with Crippen molar-refractivity contribution in [1.29, 1.82) is 0 Å². The van der Waals surface area contributed by atoms with Gasteiger partial charge in [-0.3, -0.25) is 4.21 Å². The van der Waals surface area contributed by atoms with Crippen LogP contribution in [0.25, 0.3) is 0 Å². The van der Waals surface area contributed by atoms with Crippen LogP contribution < -0.4 is 5.32 Å². The van der Waals surface area contributed by atoms with Crippen molar-refractivity contribution in [2.45, 2.75) is 38.8 Å². The minimum Gasteiger partial charge on any atom is -0.307 e. The van der Waals surface area contributed by atoms with Crippen molar-refractivity contribution in [2.24, 2.45) is 0 Å². The van der Waals surface area contributed by atoms with Crippen LogP contribution in [0.5, 0.6) is 0 Å². The molecule has 1 fully saturated rings. The fraction of sp³-hybridized carbons (Fsp3) is 0.571. The molecule has 1 aromatic rings. The van der Waals surface area contributed by atoms with E-state index in [1.165, 1.54) is 12.1 Å². The lowest BCUT2D eigenvalue weighted by Crippen LogP contribution is -2.37. The zero-order valence-corrected chi connectivity index (χ0v) is 12.0. The molecule has 0 aliphatic carbocycles. The van der Waals surface area contributed by atoms with Crippen molar-refractivity contribution in [1.82, 2.24) is 5.32 Å². The minimum absolute atomic E-state index is 0.233. The van der Waals surface area contributed by atoms with E-state index in [-0.39, 0.29) is 23.7 Å². The van der Waals surface area contributed by atoms with Crippen molar-refractivity contribution in [2.75, 3.05) is 11.5 Å². The minimum atomic E-state index is -0.705. The van der Waals surface area contributed by atoms with Crippen LogP contribution in [0.4, 0.5) is 8.78 Å². The maximum Gasteiger partial charge on any atom is 0.128 e. The molecule has 0 saturated carbocycles. The zero-order valence-electron chi connectivity index (χ0n) is 11.2. The number of rotatable bonds is 3. The van der Waals surface area contributed by atoms with Gasteiger partial charge in [0.1, 0.15) is 11.6 Å². The molecule has 0 amide bonds. The average Bonchev–Trinajstić information content (AvgIpc) is 2.36. The van der Waals surface area contributed by atoms with Gasteiger partial charge in [0, 0.05) is 40.0 Å². The van der Waals surface area contributed by atoms with E-state index in [9.17, 15) is 13.0 Å². The summed E-state index contributed by atoms with van der Waals surface area (Å²) in [5.74, 6) is 0.623. The smallest absolute Gasteiger partial charge is 0.128 e. The quantitative estimate of drug-likeness (QED) is 0.926. The maximum atomic E-state index is 13.8. The molecule has 1 atom stereocenters. The lowest BCUT2D eigenvalue weighted by molar-refractivity contribution is 0.415. The molecule has 1 unspecified atom stereocenters. The highest BCUT2D eigenvalue weighted by atomic mass is 32.2. The number of hydrogen-bond acceptors (Lipinski definition) is 2. The molecule has 0 bridgehead atoms. The van der Waals surface area contributed by atoms with Gasteiger partial charge < -0.3 is 5.32 Å². The molecular weight excluding hydrogens is 268 g/mol. The topological polar surface area (TPSA) is 29.1 Å². The lowest BCUT2D eigenvalue weighted by Gasteiger charge is -2.26. The maximum absolute atomic E-state index is 13.8. The van der Waals surface area contributed by atoms with E-state index in [1.807, 2.05) is 6.92 Å². The molecule has 2 rings (SSSR count). The Bertz CT molecular complexity index is 483. The van der Waals surface area contributed by atoms with Crippen LogP contribution in [0.3, 0.4) is 0 Å². The van der Waals surface area contributed by atoms with E-state index in [2.05, 4.69) is 5.32 Å². The molecule has 1 aliphatic heterocycles. The summed E-state index contributed by atoms with van der Waals surface area (Å²) in [7, 11) is -0.705. The fourth-order valence-electron chi connectivity index (χ4n) is 2.40. The van der Waals surface area contributed by atoms with E-state index < -0.39 is 10.8 Å². The number of halogens is 2. The Labute approximate surface area is 115 Å². The third-order valence-corrected chi connectivity index (χ3v) is 5.00. The summed E-state index contributed by atoms with van der Waals surface area (Å²) in [6, 6.07) is 2.49. The van der Waals surface area contributed by atoms with Gasteiger partial charge in [0.25, 0.3) is 0 Å². The molecule has 1 aromatic carbocycles. The third kappa shape index (κ3) is 3.60. The van der Waals surface area contributed by atoms with Crippen LogP contribution in [-0.4, -0.2) is 21.8 Å². The van der Waals surface area contributed by atoms with Crippen LogP contribution in [0.2, 0.25) is 0 Å². The molecule has 1 aliphatic rings. The Kier molecular flexibility index (Phi) is 4.68. The summed E-state index contributed by atoms with van der Waals surface area (Å²) in [6.45, 7) is 3.38. The summed E-state index contributed by atoms with van der Waals surface area (Å²) in [4.78, 5) is 0. The van der Waals surface area contributed by atoms with Crippen LogP contribution in [0, 0.1) is 18.6 Å². The van der Waals surface area contributed by atoms with Gasteiger partial charge in [-0.05, 0) is 44.4 Å². The van der Waals surface area contributed by atoms with E-state index in [0.717, 1.165) is 12.8 Å². The van der Waals surface area contributed by atoms with Gasteiger partial charge in [0.2, 0.25) is 0 Å². The largest absolute Gasteiger partial charge is 0.307 e. The second kappa shape index (κ2) is 6.09. The summed E-state index contributed by atoms with van der Waals surface area (Å²) in [5.41, 5.74) is 0.677. The highest BCUT2D eigenvalue weighted by Crippen LogP contribution is 2.22. The van der Waals surface area contributed by atoms with Crippen molar-refractivity contribution in [3.05, 3.63) is 34.9 Å². The molecular formula is C14H19F2NOS. The normalized spacial score (nSPS) is 25.3. The van der Waals surface area contributed by atoms with Gasteiger partial charge >= 0.3 is 0 Å². The van der Waals surface area contributed by atoms with Gasteiger partial charge in [0.15, 0.2) is 0 Å². The molecule has 106 valence electrons. The summed E-state index contributed by atoms with van der Waals surface area (Å²) < 4.78 is 38.6. The Balaban J connectivity index is 2.05. The first-order valence-corrected chi connectivity index (χ1v) is 8.02. The van der Waals surface area contributed by atoms with Crippen molar-refractivity contribution in [3.8, 4) is 0 Å². The van der Waals surface area contributed by atoms with Crippen molar-refractivity contribution >= 4 is 10.8 Å². The second-order valence-electron chi connectivity index (χ2n) is 5.13. The molecule has 2 nitrogen and oxygen atoms in total. The van der Waals surface area contributed by atoms with E-state index in [0.29, 0.717) is 22.6 Å². The van der Waals surface area contributed by atoms with E-state index >= 15 is 0 Å². The fourth-order valence-corrected chi connectivity index (χ4v) is 3.70. The predicted octanol–water partition coefficient (Wildman–Crippen LogP) is 2.83. The van der Waals surface area contributed by atoms with Crippen LogP contribution in [-0.2, 0) is 10.8 Å².